The minimum Gasteiger partial charge on any atom is -0.386 e. The lowest BCUT2D eigenvalue weighted by molar-refractivity contribution is 0.294. The molecule has 692 valence electrons. The average molecular weight is 1670 g/mol. The molecule has 0 radical (unpaired) electrons. The molecule has 0 aromatic heterocycles. The molecule has 0 aliphatic rings. The first-order valence-electron chi connectivity index (χ1n) is 54.9. The molecule has 0 amide bonds. The molecular formula is C114H207O4P. The highest BCUT2D eigenvalue weighted by molar-refractivity contribution is 7.49. The van der Waals surface area contributed by atoms with Crippen LogP contribution in [0.4, 0.5) is 0 Å². The van der Waals surface area contributed by atoms with Crippen molar-refractivity contribution in [3.63, 3.8) is 0 Å². The number of rotatable bonds is 96. The van der Waals surface area contributed by atoms with Crippen molar-refractivity contribution in [1.82, 2.24) is 0 Å². The first-order chi connectivity index (χ1) is 58.9. The summed E-state index contributed by atoms with van der Waals surface area (Å²) in [6, 6.07) is 20.1. The largest absolute Gasteiger partial charge is 0.647 e. The van der Waals surface area contributed by atoms with Gasteiger partial charge in [0, 0.05) is 0 Å². The van der Waals surface area contributed by atoms with Gasteiger partial charge in [0.2, 0.25) is 0 Å². The molecule has 0 heterocycles. The van der Waals surface area contributed by atoms with Crippen LogP contribution in [0.1, 0.15) is 614 Å². The van der Waals surface area contributed by atoms with Gasteiger partial charge in [-0.3, -0.25) is 0 Å². The number of phosphoric ester groups is 1. The van der Waals surface area contributed by atoms with E-state index in [-0.39, 0.29) is 0 Å². The molecule has 0 aliphatic carbocycles. The lowest BCUT2D eigenvalue weighted by Crippen LogP contribution is -2.12. The second-order valence-electron chi connectivity index (χ2n) is 38.5. The Kier molecular flexibility index (Phi) is 79.9. The minimum atomic E-state index is -4.43. The van der Waals surface area contributed by atoms with E-state index in [1.165, 1.54) is 553 Å². The van der Waals surface area contributed by atoms with Gasteiger partial charge in [0.25, 0.3) is 0 Å². The lowest BCUT2D eigenvalue weighted by atomic mass is 9.95. The van der Waals surface area contributed by atoms with E-state index in [9.17, 15) is 0 Å². The second-order valence-corrected chi connectivity index (χ2v) is 39.9. The number of phosphoric acid groups is 1. The summed E-state index contributed by atoms with van der Waals surface area (Å²) in [5.74, 6) is 2.14. The van der Waals surface area contributed by atoms with Crippen LogP contribution in [-0.4, -0.2) is 0 Å². The van der Waals surface area contributed by atoms with Crippen molar-refractivity contribution < 1.29 is 18.1 Å². The highest BCUT2D eigenvalue weighted by Gasteiger charge is 2.37. The number of benzene rings is 3. The monoisotopic (exact) mass is 1670 g/mol. The average Bonchev–Trinajstić information content (AvgIpc) is 0.789. The molecule has 5 heteroatoms. The van der Waals surface area contributed by atoms with Gasteiger partial charge < -0.3 is 13.6 Å². The van der Waals surface area contributed by atoms with Crippen LogP contribution in [0, 0.1) is 0 Å². The molecule has 0 atom stereocenters. The van der Waals surface area contributed by atoms with E-state index in [0.29, 0.717) is 17.2 Å². The van der Waals surface area contributed by atoms with Gasteiger partial charge in [-0.15, -0.1) is 0 Å². The van der Waals surface area contributed by atoms with Crippen LogP contribution in [0.15, 0.2) is 54.6 Å². The number of hydrogen-bond acceptors (Lipinski definition) is 4. The fourth-order valence-corrected chi connectivity index (χ4v) is 20.4. The predicted molar refractivity (Wildman–Crippen MR) is 533 cm³/mol. The third-order valence-electron chi connectivity index (χ3n) is 27.1. The van der Waals surface area contributed by atoms with E-state index >= 15 is 4.57 Å². The van der Waals surface area contributed by atoms with E-state index in [1.54, 1.807) is 0 Å². The summed E-state index contributed by atoms with van der Waals surface area (Å²) >= 11 is 0. The van der Waals surface area contributed by atoms with Gasteiger partial charge >= 0.3 is 7.82 Å². The van der Waals surface area contributed by atoms with Gasteiger partial charge in [-0.25, -0.2) is 0 Å². The van der Waals surface area contributed by atoms with Crippen LogP contribution in [0.5, 0.6) is 17.2 Å². The molecule has 3 aromatic carbocycles. The van der Waals surface area contributed by atoms with Crippen molar-refractivity contribution >= 4 is 7.82 Å². The maximum Gasteiger partial charge on any atom is 0.647 e. The number of unbranched alkanes of at least 4 members (excludes halogenated alkanes) is 78. The summed E-state index contributed by atoms with van der Waals surface area (Å²) in [6.45, 7) is 13.9. The molecule has 4 nitrogen and oxygen atoms in total. The maximum atomic E-state index is 17.1. The molecule has 119 heavy (non-hydrogen) atoms. The lowest BCUT2D eigenvalue weighted by Gasteiger charge is -2.25. The van der Waals surface area contributed by atoms with Gasteiger partial charge in [-0.1, -0.05) is 579 Å². The number of aryl methyl sites for hydroxylation is 3. The first-order valence-corrected chi connectivity index (χ1v) is 56.4. The molecule has 0 saturated heterocycles. The van der Waals surface area contributed by atoms with Crippen LogP contribution in [0.25, 0.3) is 0 Å². The summed E-state index contributed by atoms with van der Waals surface area (Å²) in [6.07, 6.45) is 119. The molecule has 0 N–H and O–H groups in total. The van der Waals surface area contributed by atoms with Gasteiger partial charge in [0.05, 0.1) is 0 Å². The summed E-state index contributed by atoms with van der Waals surface area (Å²) in [5, 5.41) is 0. The molecule has 3 aromatic rings. The highest BCUT2D eigenvalue weighted by atomic mass is 31.2. The molecule has 0 aliphatic heterocycles. The van der Waals surface area contributed by atoms with Crippen molar-refractivity contribution in [3.8, 4) is 17.2 Å². The Morgan fingerprint density at radius 3 is 0.412 bits per heavy atom. The molecule has 0 unspecified atom stereocenters. The van der Waals surface area contributed by atoms with E-state index in [2.05, 4.69) is 96.1 Å². The quantitative estimate of drug-likeness (QED) is 0.0417. The Morgan fingerprint density at radius 2 is 0.277 bits per heavy atom. The fraction of sp³-hybridized carbons (Fsp3) is 0.842. The van der Waals surface area contributed by atoms with Crippen LogP contribution in [0.3, 0.4) is 0 Å². The van der Waals surface area contributed by atoms with E-state index < -0.39 is 7.82 Å². The SMILES string of the molecule is CCCCCCCCCCCCCCCCc1cccc(OP(=O)(Oc2cccc(CCCCCCCCCCCCCCCC)c2CCCCCCCCCCCCCCCC)Oc2cccc(CCCCCCCCCCCCCCCC)c2CCCCCCCCCCCCCCCC)c1CCCCCCCCCCCCCCCC. The second kappa shape index (κ2) is 86.1. The third-order valence-corrected chi connectivity index (χ3v) is 28.3. The highest BCUT2D eigenvalue weighted by Crippen LogP contribution is 2.53. The van der Waals surface area contributed by atoms with Crippen molar-refractivity contribution in [1.29, 1.82) is 0 Å². The predicted octanol–water partition coefficient (Wildman–Crippen LogP) is 41.5. The van der Waals surface area contributed by atoms with Crippen LogP contribution in [-0.2, 0) is 43.1 Å². The zero-order chi connectivity index (χ0) is 84.8. The first kappa shape index (κ1) is 110. The van der Waals surface area contributed by atoms with Gasteiger partial charge in [0.15, 0.2) is 0 Å². The molecular weight excluding hydrogens is 1460 g/mol. The van der Waals surface area contributed by atoms with Crippen LogP contribution >= 0.6 is 7.82 Å². The summed E-state index contributed by atoms with van der Waals surface area (Å²) in [4.78, 5) is 0. The Balaban J connectivity index is 2.06. The van der Waals surface area contributed by atoms with Crippen molar-refractivity contribution in [2.24, 2.45) is 0 Å². The molecule has 3 rings (SSSR count). The van der Waals surface area contributed by atoms with Crippen LogP contribution in [0.2, 0.25) is 0 Å². The standard InChI is InChI=1S/C114H207O4P/c1-7-13-19-25-31-37-43-49-55-61-67-73-79-85-94-106-97-91-103-112(109(106)100-88-82-76-70-64-58-52-46-40-34-28-22-16-10-4)116-119(115,117-113-104-92-98-107(95-86-80-74-68-62-56-50-44-38-32-26-20-14-8-2)110(113)101-89-83-77-71-65-59-53-47-41-35-29-23-17-11-5)118-114-105-93-99-108(96-87-81-75-69-63-57-51-45-39-33-27-21-15-9-3)111(114)102-90-84-78-72-66-60-54-48-42-36-30-24-18-12-6/h91-93,97-99,103-105H,7-90,94-96,100-102H2,1-6H3. The summed E-state index contributed by atoms with van der Waals surface area (Å²) < 4.78 is 39.3. The third kappa shape index (κ3) is 65.5. The summed E-state index contributed by atoms with van der Waals surface area (Å²) in [5.41, 5.74) is 7.80. The van der Waals surface area contributed by atoms with Crippen molar-refractivity contribution in [2.75, 3.05) is 0 Å². The minimum absolute atomic E-state index is 0.713. The van der Waals surface area contributed by atoms with Gasteiger partial charge in [0.1, 0.15) is 17.2 Å². The smallest absolute Gasteiger partial charge is 0.386 e. The molecule has 0 saturated carbocycles. The van der Waals surface area contributed by atoms with Gasteiger partial charge in [-0.2, -0.15) is 4.57 Å². The van der Waals surface area contributed by atoms with E-state index in [1.807, 2.05) is 0 Å². The topological polar surface area (TPSA) is 44.8 Å². The Hall–Kier alpha value is -2.71. The van der Waals surface area contributed by atoms with Crippen LogP contribution < -0.4 is 13.6 Å². The van der Waals surface area contributed by atoms with E-state index in [0.717, 1.165) is 57.8 Å². The normalized spacial score (nSPS) is 11.8. The van der Waals surface area contributed by atoms with Crippen molar-refractivity contribution in [3.05, 3.63) is 88.0 Å². The molecule has 0 fully saturated rings. The Bertz CT molecular complexity index is 2340. The zero-order valence-corrected chi connectivity index (χ0v) is 82.3. The Morgan fingerprint density at radius 1 is 0.160 bits per heavy atom. The van der Waals surface area contributed by atoms with Crippen molar-refractivity contribution in [2.45, 2.75) is 619 Å². The molecule has 0 bridgehead atoms. The summed E-state index contributed by atoms with van der Waals surface area (Å²) in [7, 11) is -4.43. The fourth-order valence-electron chi connectivity index (χ4n) is 19.1. The Labute approximate surface area is 745 Å². The zero-order valence-electron chi connectivity index (χ0n) is 81.4. The van der Waals surface area contributed by atoms with Gasteiger partial charge in [-0.05, 0) is 129 Å². The number of hydrogen-bond donors (Lipinski definition) is 0. The van der Waals surface area contributed by atoms with E-state index in [4.69, 9.17) is 13.6 Å². The molecule has 0 spiro atoms. The maximum absolute atomic E-state index is 17.1.